The Labute approximate surface area is 148 Å². The topological polar surface area (TPSA) is 99.4 Å². The zero-order chi connectivity index (χ0) is 17.8. The van der Waals surface area contributed by atoms with E-state index in [1.165, 1.54) is 11.3 Å². The largest absolute Gasteiger partial charge is 0.453 e. The summed E-state index contributed by atoms with van der Waals surface area (Å²) in [5, 5.41) is 22.3. The first-order valence-electron chi connectivity index (χ1n) is 7.84. The van der Waals surface area contributed by atoms with Gasteiger partial charge in [0.25, 0.3) is 5.91 Å². The van der Waals surface area contributed by atoms with Crippen LogP contribution in [-0.4, -0.2) is 23.6 Å². The molecular formula is C18H16N2O4S. The van der Waals surface area contributed by atoms with Crippen LogP contribution in [0.1, 0.15) is 34.1 Å². The number of thiophene rings is 1. The molecular weight excluding hydrogens is 340 g/mol. The van der Waals surface area contributed by atoms with Crippen LogP contribution in [0.25, 0.3) is 0 Å². The number of benzene rings is 1. The van der Waals surface area contributed by atoms with Crippen molar-refractivity contribution in [2.75, 3.05) is 11.9 Å². The van der Waals surface area contributed by atoms with Crippen LogP contribution in [0.15, 0.2) is 30.3 Å². The first-order valence-corrected chi connectivity index (χ1v) is 8.66. The number of ether oxygens (including phenoxy) is 1. The van der Waals surface area contributed by atoms with Crippen molar-refractivity contribution in [3.63, 3.8) is 0 Å². The second-order valence-electron chi connectivity index (χ2n) is 5.64. The maximum absolute atomic E-state index is 12.0. The highest BCUT2D eigenvalue weighted by molar-refractivity contribution is 7.16. The molecule has 0 saturated heterocycles. The Bertz CT molecular complexity index is 839. The first-order chi connectivity index (χ1) is 12.1. The van der Waals surface area contributed by atoms with Gasteiger partial charge in [0.2, 0.25) is 0 Å². The maximum atomic E-state index is 12.0. The SMILES string of the molecule is N#Cc1c(NC(=O)COC(=O)[C@H](O)c2ccccc2)sc2c1CCC2. The Morgan fingerprint density at radius 1 is 1.32 bits per heavy atom. The van der Waals surface area contributed by atoms with Gasteiger partial charge in [-0.25, -0.2) is 4.79 Å². The predicted molar refractivity (Wildman–Crippen MR) is 92.0 cm³/mol. The number of esters is 1. The van der Waals surface area contributed by atoms with Gasteiger partial charge in [0, 0.05) is 4.88 Å². The monoisotopic (exact) mass is 356 g/mol. The van der Waals surface area contributed by atoms with E-state index in [1.54, 1.807) is 30.3 Å². The Kier molecular flexibility index (Phi) is 5.12. The van der Waals surface area contributed by atoms with E-state index in [1.807, 2.05) is 0 Å². The minimum atomic E-state index is -1.44. The first kappa shape index (κ1) is 17.1. The van der Waals surface area contributed by atoms with Crippen LogP contribution in [-0.2, 0) is 27.2 Å². The third-order valence-electron chi connectivity index (χ3n) is 3.97. The Morgan fingerprint density at radius 2 is 2.08 bits per heavy atom. The number of hydrogen-bond acceptors (Lipinski definition) is 6. The summed E-state index contributed by atoms with van der Waals surface area (Å²) in [7, 11) is 0. The van der Waals surface area contributed by atoms with E-state index >= 15 is 0 Å². The number of carbonyl (C=O) groups is 2. The van der Waals surface area contributed by atoms with Gasteiger partial charge in [-0.1, -0.05) is 30.3 Å². The van der Waals surface area contributed by atoms with Gasteiger partial charge in [-0.15, -0.1) is 11.3 Å². The van der Waals surface area contributed by atoms with Gasteiger partial charge >= 0.3 is 5.97 Å². The number of nitrogens with zero attached hydrogens (tertiary/aromatic N) is 1. The van der Waals surface area contributed by atoms with E-state index in [4.69, 9.17) is 4.74 Å². The highest BCUT2D eigenvalue weighted by Crippen LogP contribution is 2.38. The molecule has 0 saturated carbocycles. The number of carbonyl (C=O) groups excluding carboxylic acids is 2. The van der Waals surface area contributed by atoms with Crippen LogP contribution in [0.2, 0.25) is 0 Å². The van der Waals surface area contributed by atoms with Gasteiger partial charge in [0.05, 0.1) is 5.56 Å². The van der Waals surface area contributed by atoms with Crippen molar-refractivity contribution < 1.29 is 19.4 Å². The van der Waals surface area contributed by atoms with Gasteiger partial charge in [-0.05, 0) is 30.4 Å². The fourth-order valence-corrected chi connectivity index (χ4v) is 4.02. The molecule has 7 heteroatoms. The number of rotatable bonds is 5. The minimum absolute atomic E-state index is 0.398. The summed E-state index contributed by atoms with van der Waals surface area (Å²) in [5.74, 6) is -1.43. The van der Waals surface area contributed by atoms with Crippen molar-refractivity contribution in [2.24, 2.45) is 0 Å². The van der Waals surface area contributed by atoms with Crippen LogP contribution < -0.4 is 5.32 Å². The average molecular weight is 356 g/mol. The van der Waals surface area contributed by atoms with Gasteiger partial charge in [-0.3, -0.25) is 4.79 Å². The molecule has 128 valence electrons. The van der Waals surface area contributed by atoms with Gasteiger partial charge in [-0.2, -0.15) is 5.26 Å². The summed E-state index contributed by atoms with van der Waals surface area (Å²) < 4.78 is 4.86. The highest BCUT2D eigenvalue weighted by Gasteiger charge is 2.24. The van der Waals surface area contributed by atoms with Crippen LogP contribution >= 0.6 is 11.3 Å². The predicted octanol–water partition coefficient (Wildman–Crippen LogP) is 2.32. The number of aliphatic hydroxyl groups excluding tert-OH is 1. The standard InChI is InChI=1S/C18H16N2O4S/c19-9-13-12-7-4-8-14(12)25-17(13)20-15(21)10-24-18(23)16(22)11-5-2-1-3-6-11/h1-3,5-6,16,22H,4,7-8,10H2,(H,20,21)/t16-/m1/s1. The number of anilines is 1. The third kappa shape index (κ3) is 3.71. The van der Waals surface area contributed by atoms with E-state index in [0.29, 0.717) is 16.1 Å². The smallest absolute Gasteiger partial charge is 0.340 e. The van der Waals surface area contributed by atoms with Crippen LogP contribution in [0.5, 0.6) is 0 Å². The van der Waals surface area contributed by atoms with Gasteiger partial charge in [0.1, 0.15) is 11.1 Å². The fraction of sp³-hybridized carbons (Fsp3) is 0.278. The molecule has 0 fully saturated rings. The van der Waals surface area contributed by atoms with Gasteiger partial charge in [0.15, 0.2) is 12.7 Å². The van der Waals surface area contributed by atoms with E-state index in [0.717, 1.165) is 29.7 Å². The van der Waals surface area contributed by atoms with Crippen LogP contribution in [0.4, 0.5) is 5.00 Å². The summed E-state index contributed by atoms with van der Waals surface area (Å²) in [6, 6.07) is 10.5. The van der Waals surface area contributed by atoms with Gasteiger partial charge < -0.3 is 15.2 Å². The summed E-state index contributed by atoms with van der Waals surface area (Å²) in [6.07, 6.45) is 1.36. The van der Waals surface area contributed by atoms with Crippen molar-refractivity contribution in [3.05, 3.63) is 51.9 Å². The molecule has 2 aromatic rings. The second kappa shape index (κ2) is 7.47. The Hall–Kier alpha value is -2.69. The lowest BCUT2D eigenvalue weighted by Crippen LogP contribution is -2.23. The summed E-state index contributed by atoms with van der Waals surface area (Å²) in [6.45, 7) is -0.518. The zero-order valence-corrected chi connectivity index (χ0v) is 14.1. The van der Waals surface area contributed by atoms with E-state index in [-0.39, 0.29) is 0 Å². The number of nitrogens with one attached hydrogen (secondary N) is 1. The number of nitriles is 1. The molecule has 0 radical (unpaired) electrons. The number of amides is 1. The molecule has 6 nitrogen and oxygen atoms in total. The van der Waals surface area contributed by atoms with Crippen molar-refractivity contribution in [1.82, 2.24) is 0 Å². The molecule has 1 atom stereocenters. The van der Waals surface area contributed by atoms with E-state index in [9.17, 15) is 20.0 Å². The quantitative estimate of drug-likeness (QED) is 0.801. The molecule has 0 aliphatic heterocycles. The molecule has 1 aromatic heterocycles. The minimum Gasteiger partial charge on any atom is -0.453 e. The molecule has 0 bridgehead atoms. The molecule has 0 spiro atoms. The average Bonchev–Trinajstić information content (AvgIpc) is 3.20. The summed E-state index contributed by atoms with van der Waals surface area (Å²) >= 11 is 1.39. The lowest BCUT2D eigenvalue weighted by atomic mass is 10.1. The number of aliphatic hydroxyl groups is 1. The Balaban J connectivity index is 1.57. The molecule has 1 amide bonds. The molecule has 1 aliphatic rings. The molecule has 0 unspecified atom stereocenters. The van der Waals surface area contributed by atoms with Crippen molar-refractivity contribution in [3.8, 4) is 6.07 Å². The lowest BCUT2D eigenvalue weighted by molar-refractivity contribution is -0.156. The van der Waals surface area contributed by atoms with Crippen LogP contribution in [0, 0.1) is 11.3 Å². The summed E-state index contributed by atoms with van der Waals surface area (Å²) in [5.41, 5.74) is 1.91. The molecule has 3 rings (SSSR count). The Morgan fingerprint density at radius 3 is 2.80 bits per heavy atom. The number of aryl methyl sites for hydroxylation is 1. The van der Waals surface area contributed by atoms with E-state index < -0.39 is 24.6 Å². The fourth-order valence-electron chi connectivity index (χ4n) is 2.76. The third-order valence-corrected chi connectivity index (χ3v) is 5.18. The number of fused-ring (bicyclic) bond motifs is 1. The lowest BCUT2D eigenvalue weighted by Gasteiger charge is -2.10. The molecule has 1 aliphatic carbocycles. The maximum Gasteiger partial charge on any atom is 0.340 e. The second-order valence-corrected chi connectivity index (χ2v) is 6.75. The highest BCUT2D eigenvalue weighted by atomic mass is 32.1. The molecule has 1 heterocycles. The normalized spacial score (nSPS) is 13.6. The van der Waals surface area contributed by atoms with Crippen molar-refractivity contribution >= 4 is 28.2 Å². The molecule has 25 heavy (non-hydrogen) atoms. The van der Waals surface area contributed by atoms with Crippen LogP contribution in [0.3, 0.4) is 0 Å². The molecule has 1 aromatic carbocycles. The zero-order valence-electron chi connectivity index (χ0n) is 13.3. The van der Waals surface area contributed by atoms with Crippen molar-refractivity contribution in [1.29, 1.82) is 5.26 Å². The molecule has 2 N–H and O–H groups in total. The summed E-state index contributed by atoms with van der Waals surface area (Å²) in [4.78, 5) is 25.0. The van der Waals surface area contributed by atoms with E-state index in [2.05, 4.69) is 11.4 Å². The van der Waals surface area contributed by atoms with Crippen molar-refractivity contribution in [2.45, 2.75) is 25.4 Å². The number of hydrogen-bond donors (Lipinski definition) is 2.